The molecule has 0 aliphatic heterocycles. The highest BCUT2D eigenvalue weighted by Gasteiger charge is 1.97. The fourth-order valence-corrected chi connectivity index (χ4v) is 0.457. The molecule has 62 valence electrons. The average molecular weight is 149 g/mol. The van der Waals surface area contributed by atoms with Crippen molar-refractivity contribution in [2.45, 2.75) is 19.8 Å². The van der Waals surface area contributed by atoms with Gasteiger partial charge in [0, 0.05) is 13.0 Å². The zero-order valence-electron chi connectivity index (χ0n) is 6.30. The lowest BCUT2D eigenvalue weighted by Crippen LogP contribution is -2.03. The van der Waals surface area contributed by atoms with Crippen molar-refractivity contribution >= 4 is 5.97 Å². The van der Waals surface area contributed by atoms with E-state index in [1.54, 1.807) is 6.92 Å². The molecule has 0 atom stereocenters. The Kier molecular flexibility index (Phi) is 10.2. The van der Waals surface area contributed by atoms with Gasteiger partial charge in [-0.2, -0.15) is 0 Å². The molecule has 0 saturated heterocycles. The number of hydrogen-bond donors (Lipinski definition) is 2. The number of ether oxygens (including phenoxy) is 1. The summed E-state index contributed by atoms with van der Waals surface area (Å²) in [6.45, 7) is 2.24. The van der Waals surface area contributed by atoms with Crippen molar-refractivity contribution in [3.63, 3.8) is 0 Å². The highest BCUT2D eigenvalue weighted by Crippen LogP contribution is 1.89. The lowest BCUT2D eigenvalue weighted by atomic mass is 10.3. The smallest absolute Gasteiger partial charge is 0.305 e. The van der Waals surface area contributed by atoms with E-state index < -0.39 is 0 Å². The van der Waals surface area contributed by atoms with Crippen LogP contribution in [0.3, 0.4) is 0 Å². The van der Waals surface area contributed by atoms with Crippen LogP contribution in [-0.4, -0.2) is 24.3 Å². The van der Waals surface area contributed by atoms with E-state index in [-0.39, 0.29) is 18.7 Å². The Labute approximate surface area is 60.8 Å². The van der Waals surface area contributed by atoms with Gasteiger partial charge in [-0.25, -0.2) is 0 Å². The SMILES string of the molecule is CCOC(=O)CCCO.N. The van der Waals surface area contributed by atoms with Crippen LogP contribution in [0.1, 0.15) is 19.8 Å². The summed E-state index contributed by atoms with van der Waals surface area (Å²) in [5.41, 5.74) is 0. The average Bonchev–Trinajstić information content (AvgIpc) is 1.85. The minimum absolute atomic E-state index is 0. The topological polar surface area (TPSA) is 81.5 Å². The molecule has 0 bridgehead atoms. The standard InChI is InChI=1S/C6H12O3.H3N/c1-2-9-6(8)4-3-5-7;/h7H,2-5H2,1H3;1H3. The number of carbonyl (C=O) groups excluding carboxylic acids is 1. The Morgan fingerprint density at radius 3 is 2.60 bits per heavy atom. The molecule has 0 aliphatic carbocycles. The fraction of sp³-hybridized carbons (Fsp3) is 0.833. The molecule has 0 heterocycles. The predicted molar refractivity (Wildman–Crippen MR) is 38.0 cm³/mol. The van der Waals surface area contributed by atoms with Crippen LogP contribution in [0.5, 0.6) is 0 Å². The summed E-state index contributed by atoms with van der Waals surface area (Å²) in [5.74, 6) is -0.230. The third-order valence-electron chi connectivity index (χ3n) is 0.844. The van der Waals surface area contributed by atoms with Crippen molar-refractivity contribution in [1.82, 2.24) is 6.15 Å². The van der Waals surface area contributed by atoms with Gasteiger partial charge in [0.1, 0.15) is 0 Å². The van der Waals surface area contributed by atoms with E-state index in [0.29, 0.717) is 19.4 Å². The third-order valence-corrected chi connectivity index (χ3v) is 0.844. The van der Waals surface area contributed by atoms with Gasteiger partial charge in [-0.1, -0.05) is 0 Å². The lowest BCUT2D eigenvalue weighted by molar-refractivity contribution is -0.143. The summed E-state index contributed by atoms with van der Waals surface area (Å²) >= 11 is 0. The van der Waals surface area contributed by atoms with E-state index in [9.17, 15) is 4.79 Å². The van der Waals surface area contributed by atoms with E-state index in [4.69, 9.17) is 5.11 Å². The summed E-state index contributed by atoms with van der Waals surface area (Å²) in [4.78, 5) is 10.5. The van der Waals surface area contributed by atoms with Gasteiger partial charge in [0.25, 0.3) is 0 Å². The fourth-order valence-electron chi connectivity index (χ4n) is 0.457. The second kappa shape index (κ2) is 8.39. The minimum atomic E-state index is -0.230. The van der Waals surface area contributed by atoms with Crippen LogP contribution in [0.2, 0.25) is 0 Å². The largest absolute Gasteiger partial charge is 0.466 e. The van der Waals surface area contributed by atoms with Gasteiger partial charge in [0.2, 0.25) is 0 Å². The molecule has 0 radical (unpaired) electrons. The van der Waals surface area contributed by atoms with Gasteiger partial charge in [-0.15, -0.1) is 0 Å². The van der Waals surface area contributed by atoms with Crippen LogP contribution in [-0.2, 0) is 9.53 Å². The second-order valence-corrected chi connectivity index (χ2v) is 1.63. The van der Waals surface area contributed by atoms with E-state index >= 15 is 0 Å². The van der Waals surface area contributed by atoms with Gasteiger partial charge in [-0.3, -0.25) is 4.79 Å². The molecule has 0 saturated carbocycles. The van der Waals surface area contributed by atoms with Crippen molar-refractivity contribution in [3.8, 4) is 0 Å². The molecular weight excluding hydrogens is 134 g/mol. The van der Waals surface area contributed by atoms with Crippen LogP contribution in [0.25, 0.3) is 0 Å². The quantitative estimate of drug-likeness (QED) is 0.570. The van der Waals surface area contributed by atoms with Crippen molar-refractivity contribution in [1.29, 1.82) is 0 Å². The van der Waals surface area contributed by atoms with E-state index in [2.05, 4.69) is 4.74 Å². The minimum Gasteiger partial charge on any atom is -0.466 e. The summed E-state index contributed by atoms with van der Waals surface area (Å²) in [6, 6.07) is 0. The van der Waals surface area contributed by atoms with Gasteiger partial charge in [-0.05, 0) is 13.3 Å². The van der Waals surface area contributed by atoms with Crippen LogP contribution < -0.4 is 6.15 Å². The maximum atomic E-state index is 10.5. The molecule has 0 unspecified atom stereocenters. The number of rotatable bonds is 4. The van der Waals surface area contributed by atoms with Gasteiger partial charge < -0.3 is 16.0 Å². The van der Waals surface area contributed by atoms with Gasteiger partial charge in [0.15, 0.2) is 0 Å². The molecule has 0 aromatic rings. The predicted octanol–water partition coefficient (Wildman–Crippen LogP) is 0.484. The highest BCUT2D eigenvalue weighted by atomic mass is 16.5. The highest BCUT2D eigenvalue weighted by molar-refractivity contribution is 5.69. The van der Waals surface area contributed by atoms with E-state index in [1.165, 1.54) is 0 Å². The Morgan fingerprint density at radius 1 is 1.60 bits per heavy atom. The number of aliphatic hydroxyl groups excluding tert-OH is 1. The van der Waals surface area contributed by atoms with Crippen molar-refractivity contribution in [3.05, 3.63) is 0 Å². The van der Waals surface area contributed by atoms with Crippen LogP contribution in [0.4, 0.5) is 0 Å². The van der Waals surface area contributed by atoms with E-state index in [1.807, 2.05) is 0 Å². The Morgan fingerprint density at radius 2 is 2.20 bits per heavy atom. The summed E-state index contributed by atoms with van der Waals surface area (Å²) < 4.78 is 4.59. The molecule has 0 amide bonds. The first-order valence-electron chi connectivity index (χ1n) is 3.07. The Hall–Kier alpha value is -0.610. The zero-order valence-corrected chi connectivity index (χ0v) is 6.30. The summed E-state index contributed by atoms with van der Waals surface area (Å²) in [6.07, 6.45) is 0.823. The zero-order chi connectivity index (χ0) is 7.11. The number of aliphatic hydroxyl groups is 1. The molecule has 0 aromatic heterocycles. The first kappa shape index (κ1) is 12.1. The number of esters is 1. The van der Waals surface area contributed by atoms with Gasteiger partial charge >= 0.3 is 5.97 Å². The molecule has 0 aromatic carbocycles. The molecule has 4 heteroatoms. The molecule has 10 heavy (non-hydrogen) atoms. The third kappa shape index (κ3) is 7.39. The summed E-state index contributed by atoms with van der Waals surface area (Å²) in [7, 11) is 0. The molecule has 0 fully saturated rings. The maximum Gasteiger partial charge on any atom is 0.305 e. The van der Waals surface area contributed by atoms with Gasteiger partial charge in [0.05, 0.1) is 6.61 Å². The first-order valence-corrected chi connectivity index (χ1v) is 3.07. The van der Waals surface area contributed by atoms with Crippen molar-refractivity contribution in [2.24, 2.45) is 0 Å². The normalized spacial score (nSPS) is 8.20. The molecular formula is C6H15NO3. The Bertz CT molecular complexity index is 85.1. The molecule has 0 spiro atoms. The lowest BCUT2D eigenvalue weighted by Gasteiger charge is -1.97. The van der Waals surface area contributed by atoms with Crippen molar-refractivity contribution in [2.75, 3.05) is 13.2 Å². The molecule has 0 aliphatic rings. The van der Waals surface area contributed by atoms with Crippen LogP contribution in [0, 0.1) is 0 Å². The molecule has 4 N–H and O–H groups in total. The van der Waals surface area contributed by atoms with Crippen molar-refractivity contribution < 1.29 is 14.6 Å². The number of carbonyl (C=O) groups is 1. The van der Waals surface area contributed by atoms with Crippen LogP contribution in [0.15, 0.2) is 0 Å². The van der Waals surface area contributed by atoms with E-state index in [0.717, 1.165) is 0 Å². The van der Waals surface area contributed by atoms with Crippen LogP contribution >= 0.6 is 0 Å². The first-order chi connectivity index (χ1) is 4.31. The maximum absolute atomic E-state index is 10.5. The summed E-state index contributed by atoms with van der Waals surface area (Å²) in [5, 5.41) is 8.28. The molecule has 4 nitrogen and oxygen atoms in total. The monoisotopic (exact) mass is 149 g/mol. The Balaban J connectivity index is 0. The molecule has 0 rings (SSSR count). The second-order valence-electron chi connectivity index (χ2n) is 1.63. The number of hydrogen-bond acceptors (Lipinski definition) is 4.